The molecule has 2 N–H and O–H groups in total. The van der Waals surface area contributed by atoms with Gasteiger partial charge < -0.3 is 19.4 Å². The summed E-state index contributed by atoms with van der Waals surface area (Å²) >= 11 is 0. The first kappa shape index (κ1) is 17.9. The quantitative estimate of drug-likeness (QED) is 0.469. The number of fused-ring (bicyclic) bond motifs is 1. The van der Waals surface area contributed by atoms with E-state index in [-0.39, 0.29) is 16.9 Å². The van der Waals surface area contributed by atoms with E-state index >= 15 is 0 Å². The Morgan fingerprint density at radius 2 is 1.85 bits per heavy atom. The highest BCUT2D eigenvalue weighted by Crippen LogP contribution is 2.30. The van der Waals surface area contributed by atoms with Gasteiger partial charge in [-0.15, -0.1) is 0 Å². The van der Waals surface area contributed by atoms with E-state index in [4.69, 9.17) is 9.15 Å². The topological polar surface area (TPSA) is 79.9 Å². The molecule has 3 rings (SSSR count). The third kappa shape index (κ3) is 3.82. The number of unbranched alkanes of at least 4 members (excludes halogenated alkanes) is 3. The molecule has 0 saturated carbocycles. The van der Waals surface area contributed by atoms with Gasteiger partial charge in [0.1, 0.15) is 17.6 Å². The third-order valence-corrected chi connectivity index (χ3v) is 4.30. The second-order valence-electron chi connectivity index (χ2n) is 6.25. The molecule has 5 heteroatoms. The van der Waals surface area contributed by atoms with E-state index in [0.717, 1.165) is 12.8 Å². The van der Waals surface area contributed by atoms with Gasteiger partial charge in [-0.2, -0.15) is 0 Å². The molecule has 0 amide bonds. The van der Waals surface area contributed by atoms with Crippen LogP contribution in [0.4, 0.5) is 0 Å². The molecule has 0 aliphatic heterocycles. The summed E-state index contributed by atoms with van der Waals surface area (Å²) < 4.78 is 11.3. The van der Waals surface area contributed by atoms with Crippen LogP contribution in [0, 0.1) is 0 Å². The smallest absolute Gasteiger partial charge is 0.200 e. The molecule has 0 bridgehead atoms. The second-order valence-corrected chi connectivity index (χ2v) is 6.25. The van der Waals surface area contributed by atoms with Gasteiger partial charge in [-0.3, -0.25) is 4.79 Å². The van der Waals surface area contributed by atoms with E-state index in [1.807, 2.05) is 0 Å². The molecule has 5 nitrogen and oxygen atoms in total. The van der Waals surface area contributed by atoms with Crippen molar-refractivity contribution in [3.63, 3.8) is 0 Å². The van der Waals surface area contributed by atoms with Gasteiger partial charge in [-0.05, 0) is 36.2 Å². The van der Waals surface area contributed by atoms with Crippen LogP contribution in [0.15, 0.2) is 51.9 Å². The molecular weight excluding hydrogens is 332 g/mol. The largest absolute Gasteiger partial charge is 0.504 e. The predicted molar refractivity (Wildman–Crippen MR) is 101 cm³/mol. The minimum absolute atomic E-state index is 0.203. The number of phenols is 2. The van der Waals surface area contributed by atoms with Crippen molar-refractivity contribution >= 4 is 11.0 Å². The van der Waals surface area contributed by atoms with Gasteiger partial charge in [0.25, 0.3) is 0 Å². The van der Waals surface area contributed by atoms with Crippen LogP contribution >= 0.6 is 0 Å². The summed E-state index contributed by atoms with van der Waals surface area (Å²) in [6.45, 7) is 2.81. The van der Waals surface area contributed by atoms with Crippen molar-refractivity contribution in [2.75, 3.05) is 6.61 Å². The van der Waals surface area contributed by atoms with Gasteiger partial charge in [0.2, 0.25) is 0 Å². The number of ether oxygens (including phenoxy) is 1. The molecule has 136 valence electrons. The first-order valence-electron chi connectivity index (χ1n) is 8.81. The zero-order chi connectivity index (χ0) is 18.5. The average Bonchev–Trinajstić information content (AvgIpc) is 2.64. The molecule has 0 spiro atoms. The summed E-state index contributed by atoms with van der Waals surface area (Å²) in [5.74, 6) is 0.153. The summed E-state index contributed by atoms with van der Waals surface area (Å²) in [5, 5.41) is 19.5. The number of phenolic OH excluding ortho intramolecular Hbond substituents is 2. The summed E-state index contributed by atoms with van der Waals surface area (Å²) in [5.41, 5.74) is 1.05. The van der Waals surface area contributed by atoms with Gasteiger partial charge in [0, 0.05) is 6.07 Å². The van der Waals surface area contributed by atoms with Crippen LogP contribution in [-0.2, 0) is 0 Å². The summed E-state index contributed by atoms with van der Waals surface area (Å²) in [6, 6.07) is 9.39. The zero-order valence-electron chi connectivity index (χ0n) is 14.7. The minimum atomic E-state index is -0.284. The van der Waals surface area contributed by atoms with E-state index < -0.39 is 0 Å². The number of benzene rings is 2. The maximum Gasteiger partial charge on any atom is 0.200 e. The number of rotatable bonds is 7. The van der Waals surface area contributed by atoms with Crippen molar-refractivity contribution in [3.05, 3.63) is 52.9 Å². The fourth-order valence-corrected chi connectivity index (χ4v) is 2.81. The molecule has 0 saturated heterocycles. The Balaban J connectivity index is 1.84. The van der Waals surface area contributed by atoms with Crippen molar-refractivity contribution < 1.29 is 19.4 Å². The van der Waals surface area contributed by atoms with Gasteiger partial charge >= 0.3 is 0 Å². The molecule has 26 heavy (non-hydrogen) atoms. The molecule has 0 atom stereocenters. The van der Waals surface area contributed by atoms with Gasteiger partial charge in [0.15, 0.2) is 16.9 Å². The Bertz CT molecular complexity index is 958. The standard InChI is InChI=1S/C21H22O5/c1-2-3-4-5-10-25-15-7-8-16-20(12-15)26-13-17(21(16)24)14-6-9-18(22)19(23)11-14/h6-9,11-13,22-23H,2-5,10H2,1H3. The average molecular weight is 354 g/mol. The van der Waals surface area contributed by atoms with Crippen LogP contribution < -0.4 is 10.2 Å². The lowest BCUT2D eigenvalue weighted by Crippen LogP contribution is -2.05. The van der Waals surface area contributed by atoms with Crippen molar-refractivity contribution in [2.24, 2.45) is 0 Å². The highest BCUT2D eigenvalue weighted by Gasteiger charge is 2.12. The van der Waals surface area contributed by atoms with Crippen molar-refractivity contribution in [1.82, 2.24) is 0 Å². The normalized spacial score (nSPS) is 11.0. The Kier molecular flexibility index (Phi) is 5.46. The van der Waals surface area contributed by atoms with E-state index in [1.54, 1.807) is 24.3 Å². The third-order valence-electron chi connectivity index (χ3n) is 4.30. The lowest BCUT2D eigenvalue weighted by atomic mass is 10.0. The van der Waals surface area contributed by atoms with Gasteiger partial charge in [-0.1, -0.05) is 32.3 Å². The van der Waals surface area contributed by atoms with Crippen LogP contribution in [-0.4, -0.2) is 16.8 Å². The molecule has 2 aromatic carbocycles. The lowest BCUT2D eigenvalue weighted by Gasteiger charge is -2.08. The highest BCUT2D eigenvalue weighted by molar-refractivity contribution is 5.83. The van der Waals surface area contributed by atoms with Gasteiger partial charge in [0.05, 0.1) is 17.6 Å². The lowest BCUT2D eigenvalue weighted by molar-refractivity contribution is 0.305. The van der Waals surface area contributed by atoms with Crippen LogP contribution in [0.25, 0.3) is 22.1 Å². The number of hydrogen-bond acceptors (Lipinski definition) is 5. The maximum atomic E-state index is 12.7. The SMILES string of the molecule is CCCCCCOc1ccc2c(=O)c(-c3ccc(O)c(O)c3)coc2c1. The Hall–Kier alpha value is -2.95. The van der Waals surface area contributed by atoms with Crippen LogP contribution in [0.5, 0.6) is 17.2 Å². The predicted octanol–water partition coefficient (Wildman–Crippen LogP) is 4.83. The molecule has 0 radical (unpaired) electrons. The Morgan fingerprint density at radius 1 is 1.00 bits per heavy atom. The second kappa shape index (κ2) is 7.95. The van der Waals surface area contributed by atoms with Gasteiger partial charge in [-0.25, -0.2) is 0 Å². The fraction of sp³-hybridized carbons (Fsp3) is 0.286. The molecule has 3 aromatic rings. The van der Waals surface area contributed by atoms with E-state index in [1.165, 1.54) is 31.2 Å². The van der Waals surface area contributed by atoms with Crippen molar-refractivity contribution in [1.29, 1.82) is 0 Å². The molecular formula is C21H22O5. The number of aromatic hydroxyl groups is 2. The molecule has 1 heterocycles. The summed E-state index contributed by atoms with van der Waals surface area (Å²) in [4.78, 5) is 12.7. The van der Waals surface area contributed by atoms with E-state index in [2.05, 4.69) is 6.92 Å². The molecule has 1 aromatic heterocycles. The molecule has 0 aliphatic carbocycles. The van der Waals surface area contributed by atoms with E-state index in [0.29, 0.717) is 34.5 Å². The summed E-state index contributed by atoms with van der Waals surface area (Å²) in [7, 11) is 0. The maximum absolute atomic E-state index is 12.7. The molecule has 0 unspecified atom stereocenters. The van der Waals surface area contributed by atoms with E-state index in [9.17, 15) is 15.0 Å². The minimum Gasteiger partial charge on any atom is -0.504 e. The zero-order valence-corrected chi connectivity index (χ0v) is 14.7. The number of hydrogen-bond donors (Lipinski definition) is 2. The molecule has 0 aliphatic rings. The Labute approximate surface area is 151 Å². The Morgan fingerprint density at radius 3 is 2.62 bits per heavy atom. The summed E-state index contributed by atoms with van der Waals surface area (Å²) in [6.07, 6.45) is 5.89. The monoisotopic (exact) mass is 354 g/mol. The van der Waals surface area contributed by atoms with Crippen LogP contribution in [0.2, 0.25) is 0 Å². The van der Waals surface area contributed by atoms with Crippen molar-refractivity contribution in [3.8, 4) is 28.4 Å². The van der Waals surface area contributed by atoms with Crippen LogP contribution in [0.3, 0.4) is 0 Å². The first-order valence-corrected chi connectivity index (χ1v) is 8.81. The highest BCUT2D eigenvalue weighted by atomic mass is 16.5. The van der Waals surface area contributed by atoms with Crippen molar-refractivity contribution in [2.45, 2.75) is 32.6 Å². The fourth-order valence-electron chi connectivity index (χ4n) is 2.81. The molecule has 0 fully saturated rings. The van der Waals surface area contributed by atoms with Crippen LogP contribution in [0.1, 0.15) is 32.6 Å². The first-order chi connectivity index (χ1) is 12.6.